The summed E-state index contributed by atoms with van der Waals surface area (Å²) < 4.78 is 0. The normalized spacial score (nSPS) is 22.9. The summed E-state index contributed by atoms with van der Waals surface area (Å²) in [5, 5.41) is 0. The molecule has 0 N–H and O–H groups in total. The predicted octanol–water partition coefficient (Wildman–Crippen LogP) is 2.98. The van der Waals surface area contributed by atoms with Crippen LogP contribution < -0.4 is 0 Å². The van der Waals surface area contributed by atoms with Gasteiger partial charge < -0.3 is 9.80 Å². The average molecular weight is 363 g/mol. The molecule has 3 heterocycles. The van der Waals surface area contributed by atoms with Gasteiger partial charge in [-0.25, -0.2) is 0 Å². The number of hydrogen-bond donors (Lipinski definition) is 0. The Bertz CT molecular complexity index is 794. The van der Waals surface area contributed by atoms with Gasteiger partial charge in [0.15, 0.2) is 0 Å². The van der Waals surface area contributed by atoms with Crippen LogP contribution in [-0.2, 0) is 11.3 Å². The SMILES string of the molecule is O=C1C[C@@H]2CCN(C(=O)c3ccccc3)C[C@@H]2CCN1Cc1cccnc1. The first kappa shape index (κ1) is 17.7. The van der Waals surface area contributed by atoms with Crippen molar-refractivity contribution in [3.63, 3.8) is 0 Å². The Morgan fingerprint density at radius 2 is 1.85 bits per heavy atom. The van der Waals surface area contributed by atoms with Gasteiger partial charge in [-0.3, -0.25) is 14.6 Å². The van der Waals surface area contributed by atoms with Gasteiger partial charge in [0.05, 0.1) is 0 Å². The smallest absolute Gasteiger partial charge is 0.253 e. The third-order valence-corrected chi connectivity index (χ3v) is 5.85. The molecule has 4 rings (SSSR count). The Morgan fingerprint density at radius 3 is 2.63 bits per heavy atom. The van der Waals surface area contributed by atoms with E-state index in [1.165, 1.54) is 0 Å². The van der Waals surface area contributed by atoms with E-state index in [9.17, 15) is 9.59 Å². The fraction of sp³-hybridized carbons (Fsp3) is 0.409. The van der Waals surface area contributed by atoms with Crippen LogP contribution in [0, 0.1) is 11.8 Å². The molecule has 5 heteroatoms. The Morgan fingerprint density at radius 1 is 1.04 bits per heavy atom. The molecule has 2 amide bonds. The Labute approximate surface area is 160 Å². The summed E-state index contributed by atoms with van der Waals surface area (Å²) in [6.45, 7) is 2.87. The minimum absolute atomic E-state index is 0.108. The zero-order chi connectivity index (χ0) is 18.6. The van der Waals surface area contributed by atoms with E-state index in [1.807, 2.05) is 58.5 Å². The molecule has 0 bridgehead atoms. The maximum atomic E-state index is 12.8. The summed E-state index contributed by atoms with van der Waals surface area (Å²) in [7, 11) is 0. The van der Waals surface area contributed by atoms with Gasteiger partial charge in [0.25, 0.3) is 5.91 Å². The molecule has 2 aliphatic heterocycles. The van der Waals surface area contributed by atoms with E-state index < -0.39 is 0 Å². The van der Waals surface area contributed by atoms with E-state index in [4.69, 9.17) is 0 Å². The highest BCUT2D eigenvalue weighted by molar-refractivity contribution is 5.94. The molecule has 2 atom stereocenters. The molecule has 2 saturated heterocycles. The van der Waals surface area contributed by atoms with Crippen LogP contribution in [0.5, 0.6) is 0 Å². The lowest BCUT2D eigenvalue weighted by Crippen LogP contribution is -2.43. The van der Waals surface area contributed by atoms with Crippen molar-refractivity contribution in [1.82, 2.24) is 14.8 Å². The number of hydrogen-bond acceptors (Lipinski definition) is 3. The van der Waals surface area contributed by atoms with E-state index in [-0.39, 0.29) is 11.8 Å². The number of carbonyl (C=O) groups excluding carboxylic acids is 2. The minimum atomic E-state index is 0.108. The average Bonchev–Trinajstić information content (AvgIpc) is 2.87. The summed E-state index contributed by atoms with van der Waals surface area (Å²) in [5.74, 6) is 1.12. The van der Waals surface area contributed by atoms with Gasteiger partial charge in [-0.1, -0.05) is 24.3 Å². The number of piperidine rings is 1. The minimum Gasteiger partial charge on any atom is -0.338 e. The number of benzene rings is 1. The van der Waals surface area contributed by atoms with Gasteiger partial charge in [0.2, 0.25) is 5.91 Å². The standard InChI is InChI=1S/C22H25N3O2/c26-21-13-19-8-12-25(22(27)18-6-2-1-3-7-18)16-20(19)9-11-24(21)15-17-5-4-10-23-14-17/h1-7,10,14,19-20H,8-9,11-13,15-16H2/t19-,20-/m0/s1. The third kappa shape index (κ3) is 4.02. The van der Waals surface area contributed by atoms with Crippen molar-refractivity contribution in [2.45, 2.75) is 25.8 Å². The van der Waals surface area contributed by atoms with Crippen LogP contribution in [0.3, 0.4) is 0 Å². The molecular weight excluding hydrogens is 338 g/mol. The van der Waals surface area contributed by atoms with Gasteiger partial charge >= 0.3 is 0 Å². The van der Waals surface area contributed by atoms with Crippen molar-refractivity contribution in [2.24, 2.45) is 11.8 Å². The van der Waals surface area contributed by atoms with Crippen LogP contribution in [0.4, 0.5) is 0 Å². The van der Waals surface area contributed by atoms with Gasteiger partial charge in [-0.05, 0) is 48.4 Å². The number of aromatic nitrogens is 1. The van der Waals surface area contributed by atoms with Gasteiger partial charge in [-0.15, -0.1) is 0 Å². The molecule has 27 heavy (non-hydrogen) atoms. The van der Waals surface area contributed by atoms with Crippen molar-refractivity contribution in [3.05, 3.63) is 66.0 Å². The second kappa shape index (κ2) is 7.91. The molecule has 0 unspecified atom stereocenters. The zero-order valence-corrected chi connectivity index (χ0v) is 15.5. The van der Waals surface area contributed by atoms with E-state index in [0.717, 1.165) is 43.6 Å². The molecule has 1 aromatic carbocycles. The lowest BCUT2D eigenvalue weighted by Gasteiger charge is -2.37. The molecule has 2 fully saturated rings. The highest BCUT2D eigenvalue weighted by Crippen LogP contribution is 2.33. The number of fused-ring (bicyclic) bond motifs is 1. The van der Waals surface area contributed by atoms with E-state index >= 15 is 0 Å². The van der Waals surface area contributed by atoms with Crippen LogP contribution in [0.1, 0.15) is 35.2 Å². The quantitative estimate of drug-likeness (QED) is 0.842. The lowest BCUT2D eigenvalue weighted by molar-refractivity contribution is -0.132. The zero-order valence-electron chi connectivity index (χ0n) is 15.5. The third-order valence-electron chi connectivity index (χ3n) is 5.85. The first-order valence-corrected chi connectivity index (χ1v) is 9.71. The molecule has 1 aromatic heterocycles. The van der Waals surface area contributed by atoms with Crippen LogP contribution in [0.15, 0.2) is 54.9 Å². The van der Waals surface area contributed by atoms with Gasteiger partial charge in [-0.2, -0.15) is 0 Å². The second-order valence-electron chi connectivity index (χ2n) is 7.60. The number of nitrogens with zero attached hydrogens (tertiary/aromatic N) is 3. The van der Waals surface area contributed by atoms with Crippen molar-refractivity contribution >= 4 is 11.8 Å². The van der Waals surface area contributed by atoms with Crippen LogP contribution in [0.2, 0.25) is 0 Å². The monoisotopic (exact) mass is 363 g/mol. The van der Waals surface area contributed by atoms with E-state index in [1.54, 1.807) is 6.20 Å². The van der Waals surface area contributed by atoms with Crippen molar-refractivity contribution in [2.75, 3.05) is 19.6 Å². The van der Waals surface area contributed by atoms with Crippen LogP contribution >= 0.6 is 0 Å². The Balaban J connectivity index is 1.41. The fourth-order valence-electron chi connectivity index (χ4n) is 4.30. The maximum absolute atomic E-state index is 12.8. The van der Waals surface area contributed by atoms with Crippen molar-refractivity contribution in [3.8, 4) is 0 Å². The molecule has 0 saturated carbocycles. The molecular formula is C22H25N3O2. The van der Waals surface area contributed by atoms with Crippen LogP contribution in [0.25, 0.3) is 0 Å². The number of amides is 2. The first-order chi connectivity index (χ1) is 13.2. The molecule has 0 radical (unpaired) electrons. The molecule has 2 aromatic rings. The number of carbonyl (C=O) groups is 2. The highest BCUT2D eigenvalue weighted by atomic mass is 16.2. The summed E-state index contributed by atoms with van der Waals surface area (Å²) in [5.41, 5.74) is 1.82. The number of pyridine rings is 1. The van der Waals surface area contributed by atoms with E-state index in [2.05, 4.69) is 4.98 Å². The van der Waals surface area contributed by atoms with Crippen LogP contribution in [-0.4, -0.2) is 46.2 Å². The van der Waals surface area contributed by atoms with Crippen molar-refractivity contribution in [1.29, 1.82) is 0 Å². The first-order valence-electron chi connectivity index (χ1n) is 9.71. The Hall–Kier alpha value is -2.69. The largest absolute Gasteiger partial charge is 0.338 e. The maximum Gasteiger partial charge on any atom is 0.253 e. The number of likely N-dealkylation sites (tertiary alicyclic amines) is 2. The van der Waals surface area contributed by atoms with Crippen molar-refractivity contribution < 1.29 is 9.59 Å². The fourth-order valence-corrected chi connectivity index (χ4v) is 4.30. The van der Waals surface area contributed by atoms with Gasteiger partial charge in [0.1, 0.15) is 0 Å². The molecule has 0 aliphatic carbocycles. The predicted molar refractivity (Wildman–Crippen MR) is 103 cm³/mol. The van der Waals surface area contributed by atoms with Gasteiger partial charge in [0, 0.05) is 50.6 Å². The summed E-state index contributed by atoms with van der Waals surface area (Å²) in [4.78, 5) is 33.6. The molecule has 140 valence electrons. The molecule has 0 spiro atoms. The molecule has 5 nitrogen and oxygen atoms in total. The summed E-state index contributed by atoms with van der Waals surface area (Å²) >= 11 is 0. The summed E-state index contributed by atoms with van der Waals surface area (Å²) in [6.07, 6.45) is 6.04. The Kier molecular flexibility index (Phi) is 5.19. The highest BCUT2D eigenvalue weighted by Gasteiger charge is 2.36. The molecule has 2 aliphatic rings. The topological polar surface area (TPSA) is 53.5 Å². The number of rotatable bonds is 3. The second-order valence-corrected chi connectivity index (χ2v) is 7.60. The lowest BCUT2D eigenvalue weighted by atomic mass is 9.82. The van der Waals surface area contributed by atoms with E-state index in [0.29, 0.717) is 24.8 Å². The summed E-state index contributed by atoms with van der Waals surface area (Å²) in [6, 6.07) is 13.4.